The fourth-order valence-corrected chi connectivity index (χ4v) is 1.44. The maximum Gasteiger partial charge on any atom is 0.406 e. The highest BCUT2D eigenvalue weighted by Crippen LogP contribution is 2.19. The van der Waals surface area contributed by atoms with E-state index in [1.165, 1.54) is 12.1 Å². The number of carbonyl (C=O) groups is 1. The third-order valence-electron chi connectivity index (χ3n) is 1.93. The summed E-state index contributed by atoms with van der Waals surface area (Å²) >= 11 is 2.88. The molecule has 0 unspecified atom stereocenters. The van der Waals surface area contributed by atoms with Gasteiger partial charge in [-0.3, -0.25) is 4.79 Å². The van der Waals surface area contributed by atoms with Crippen molar-refractivity contribution in [1.82, 2.24) is 4.90 Å². The standard InChI is InChI=1S/C10H8BrF4NO/c1-16(5-10(13,14)15)9(17)6-2-3-7(11)8(12)4-6/h2-4H,5H2,1H3. The zero-order chi connectivity index (χ0) is 13.2. The van der Waals surface area contributed by atoms with Crippen molar-refractivity contribution in [2.45, 2.75) is 6.18 Å². The van der Waals surface area contributed by atoms with Crippen molar-refractivity contribution in [2.24, 2.45) is 0 Å². The van der Waals surface area contributed by atoms with Crippen molar-refractivity contribution in [3.05, 3.63) is 34.1 Å². The van der Waals surface area contributed by atoms with E-state index >= 15 is 0 Å². The average molecular weight is 314 g/mol. The second kappa shape index (κ2) is 5.03. The molecule has 0 aliphatic rings. The van der Waals surface area contributed by atoms with Crippen LogP contribution in [0.25, 0.3) is 0 Å². The Bertz CT molecular complexity index is 433. The second-order valence-corrected chi connectivity index (χ2v) is 4.26. The molecule has 17 heavy (non-hydrogen) atoms. The molecule has 7 heteroatoms. The number of alkyl halides is 3. The summed E-state index contributed by atoms with van der Waals surface area (Å²) in [7, 11) is 1.01. The summed E-state index contributed by atoms with van der Waals surface area (Å²) in [6.07, 6.45) is -4.47. The van der Waals surface area contributed by atoms with Gasteiger partial charge < -0.3 is 4.90 Å². The summed E-state index contributed by atoms with van der Waals surface area (Å²) in [5.41, 5.74) is -0.127. The molecule has 94 valence electrons. The van der Waals surface area contributed by atoms with Crippen LogP contribution in [0.15, 0.2) is 22.7 Å². The largest absolute Gasteiger partial charge is 0.406 e. The molecule has 0 atom stereocenters. The predicted molar refractivity (Wildman–Crippen MR) is 57.1 cm³/mol. The summed E-state index contributed by atoms with van der Waals surface area (Å²) in [5, 5.41) is 0. The second-order valence-electron chi connectivity index (χ2n) is 3.41. The van der Waals surface area contributed by atoms with Crippen LogP contribution in [-0.2, 0) is 0 Å². The van der Waals surface area contributed by atoms with Crippen LogP contribution in [0.2, 0.25) is 0 Å². The Kier molecular flexibility index (Phi) is 4.13. The van der Waals surface area contributed by atoms with Crippen LogP contribution in [0.5, 0.6) is 0 Å². The first-order valence-electron chi connectivity index (χ1n) is 4.48. The molecule has 1 amide bonds. The summed E-state index contributed by atoms with van der Waals surface area (Å²) in [4.78, 5) is 12.0. The monoisotopic (exact) mass is 313 g/mol. The van der Waals surface area contributed by atoms with E-state index in [1.54, 1.807) is 0 Å². The molecule has 1 aromatic rings. The highest BCUT2D eigenvalue weighted by molar-refractivity contribution is 9.10. The van der Waals surface area contributed by atoms with Gasteiger partial charge in [0, 0.05) is 12.6 Å². The van der Waals surface area contributed by atoms with Gasteiger partial charge in [-0.1, -0.05) is 0 Å². The molecular weight excluding hydrogens is 306 g/mol. The van der Waals surface area contributed by atoms with Crippen LogP contribution in [0.4, 0.5) is 17.6 Å². The molecule has 0 bridgehead atoms. The number of hydrogen-bond acceptors (Lipinski definition) is 1. The van der Waals surface area contributed by atoms with Crippen molar-refractivity contribution in [3.63, 3.8) is 0 Å². The normalized spacial score (nSPS) is 11.4. The zero-order valence-electron chi connectivity index (χ0n) is 8.68. The predicted octanol–water partition coefficient (Wildman–Crippen LogP) is 3.22. The van der Waals surface area contributed by atoms with Crippen molar-refractivity contribution in [1.29, 1.82) is 0 Å². The van der Waals surface area contributed by atoms with Crippen LogP contribution in [0, 0.1) is 5.82 Å². The highest BCUT2D eigenvalue weighted by Gasteiger charge is 2.31. The van der Waals surface area contributed by atoms with Gasteiger partial charge in [-0.25, -0.2) is 4.39 Å². The van der Waals surface area contributed by atoms with Crippen LogP contribution in [0.1, 0.15) is 10.4 Å². The lowest BCUT2D eigenvalue weighted by atomic mass is 10.2. The molecular formula is C10H8BrF4NO. The number of carbonyl (C=O) groups excluding carboxylic acids is 1. The van der Waals surface area contributed by atoms with Gasteiger partial charge in [-0.15, -0.1) is 0 Å². The van der Waals surface area contributed by atoms with E-state index in [9.17, 15) is 22.4 Å². The van der Waals surface area contributed by atoms with E-state index in [-0.39, 0.29) is 10.0 Å². The van der Waals surface area contributed by atoms with Crippen LogP contribution in [-0.4, -0.2) is 30.6 Å². The van der Waals surface area contributed by atoms with Gasteiger partial charge in [0.2, 0.25) is 0 Å². The molecule has 2 nitrogen and oxygen atoms in total. The molecule has 0 fully saturated rings. The first-order valence-corrected chi connectivity index (χ1v) is 5.27. The summed E-state index contributed by atoms with van der Waals surface area (Å²) < 4.78 is 49.4. The quantitative estimate of drug-likeness (QED) is 0.768. The van der Waals surface area contributed by atoms with Crippen molar-refractivity contribution in [2.75, 3.05) is 13.6 Å². The Morgan fingerprint density at radius 3 is 2.47 bits per heavy atom. The van der Waals surface area contributed by atoms with E-state index in [4.69, 9.17) is 0 Å². The average Bonchev–Trinajstić information content (AvgIpc) is 2.18. The maximum atomic E-state index is 13.1. The van der Waals surface area contributed by atoms with Crippen molar-refractivity contribution >= 4 is 21.8 Å². The number of benzene rings is 1. The Balaban J connectivity index is 2.85. The Labute approximate surface area is 103 Å². The van der Waals surface area contributed by atoms with Gasteiger partial charge >= 0.3 is 6.18 Å². The molecule has 0 aliphatic heterocycles. The third-order valence-corrected chi connectivity index (χ3v) is 2.57. The van der Waals surface area contributed by atoms with Crippen molar-refractivity contribution < 1.29 is 22.4 Å². The van der Waals surface area contributed by atoms with Gasteiger partial charge in [0.25, 0.3) is 5.91 Å². The molecule has 0 aromatic heterocycles. The van der Waals surface area contributed by atoms with E-state index in [2.05, 4.69) is 15.9 Å². The third kappa shape index (κ3) is 3.99. The molecule has 0 N–H and O–H groups in total. The van der Waals surface area contributed by atoms with Crippen LogP contribution < -0.4 is 0 Å². The zero-order valence-corrected chi connectivity index (χ0v) is 10.3. The van der Waals surface area contributed by atoms with Gasteiger partial charge in [-0.2, -0.15) is 13.2 Å². The Hall–Kier alpha value is -1.11. The SMILES string of the molecule is CN(CC(F)(F)F)C(=O)c1ccc(Br)c(F)c1. The molecule has 0 saturated heterocycles. The Morgan fingerprint density at radius 1 is 1.41 bits per heavy atom. The number of hydrogen-bond donors (Lipinski definition) is 0. The number of nitrogens with zero attached hydrogens (tertiary/aromatic N) is 1. The van der Waals surface area contributed by atoms with Crippen LogP contribution >= 0.6 is 15.9 Å². The minimum atomic E-state index is -4.47. The smallest absolute Gasteiger partial charge is 0.333 e. The van der Waals surface area contributed by atoms with E-state index in [0.717, 1.165) is 13.1 Å². The highest BCUT2D eigenvalue weighted by atomic mass is 79.9. The topological polar surface area (TPSA) is 20.3 Å². The fourth-order valence-electron chi connectivity index (χ4n) is 1.19. The first-order chi connectivity index (χ1) is 7.70. The van der Waals surface area contributed by atoms with Gasteiger partial charge in [0.15, 0.2) is 0 Å². The molecule has 1 rings (SSSR count). The fraction of sp³-hybridized carbons (Fsp3) is 0.300. The van der Waals surface area contributed by atoms with Gasteiger partial charge in [-0.05, 0) is 34.1 Å². The van der Waals surface area contributed by atoms with E-state index < -0.39 is 24.4 Å². The molecule has 0 radical (unpaired) electrons. The molecule has 0 heterocycles. The molecule has 0 aliphatic carbocycles. The van der Waals surface area contributed by atoms with Crippen molar-refractivity contribution in [3.8, 4) is 0 Å². The van der Waals surface area contributed by atoms with Gasteiger partial charge in [0.05, 0.1) is 4.47 Å². The summed E-state index contributed by atoms with van der Waals surface area (Å²) in [5.74, 6) is -1.58. The molecule has 1 aromatic carbocycles. The van der Waals surface area contributed by atoms with E-state index in [0.29, 0.717) is 4.90 Å². The number of rotatable bonds is 2. The summed E-state index contributed by atoms with van der Waals surface area (Å²) in [6.45, 7) is -1.37. The van der Waals surface area contributed by atoms with Gasteiger partial charge in [0.1, 0.15) is 12.4 Å². The molecule has 0 saturated carbocycles. The lowest BCUT2D eigenvalue weighted by Crippen LogP contribution is -2.35. The minimum Gasteiger partial charge on any atom is -0.333 e. The summed E-state index contributed by atoms with van der Waals surface area (Å²) in [6, 6.07) is 3.41. The van der Waals surface area contributed by atoms with Crippen LogP contribution in [0.3, 0.4) is 0 Å². The first kappa shape index (κ1) is 14.0. The minimum absolute atomic E-state index is 0.127. The number of amides is 1. The lowest BCUT2D eigenvalue weighted by molar-refractivity contribution is -0.138. The Morgan fingerprint density at radius 2 is 2.00 bits per heavy atom. The molecule has 0 spiro atoms. The van der Waals surface area contributed by atoms with E-state index in [1.807, 2.05) is 0 Å². The number of halogens is 5. The maximum absolute atomic E-state index is 13.1. The lowest BCUT2D eigenvalue weighted by Gasteiger charge is -2.18.